The van der Waals surface area contributed by atoms with Crippen LogP contribution in [0.3, 0.4) is 0 Å². The van der Waals surface area contributed by atoms with Crippen molar-refractivity contribution in [1.82, 2.24) is 14.8 Å². The highest BCUT2D eigenvalue weighted by molar-refractivity contribution is 5.97. The summed E-state index contributed by atoms with van der Waals surface area (Å²) in [6.07, 6.45) is 1.06. The van der Waals surface area contributed by atoms with Gasteiger partial charge in [0.1, 0.15) is 6.04 Å². The second-order valence-electron chi connectivity index (χ2n) is 8.65. The summed E-state index contributed by atoms with van der Waals surface area (Å²) in [7, 11) is 0. The summed E-state index contributed by atoms with van der Waals surface area (Å²) in [5.74, 6) is -0.260. The number of nitro benzene ring substituents is 1. The Kier molecular flexibility index (Phi) is 5.79. The predicted molar refractivity (Wildman–Crippen MR) is 125 cm³/mol. The number of rotatable bonds is 7. The Balaban J connectivity index is 1.59. The van der Waals surface area contributed by atoms with E-state index in [1.165, 1.54) is 12.1 Å². The molecule has 0 spiro atoms. The van der Waals surface area contributed by atoms with Gasteiger partial charge < -0.3 is 19.5 Å². The summed E-state index contributed by atoms with van der Waals surface area (Å²) in [4.78, 5) is 44.7. The summed E-state index contributed by atoms with van der Waals surface area (Å²) in [5, 5.41) is 12.5. The van der Waals surface area contributed by atoms with Gasteiger partial charge in [-0.1, -0.05) is 30.3 Å². The third-order valence-electron chi connectivity index (χ3n) is 6.66. The van der Waals surface area contributed by atoms with Gasteiger partial charge in [-0.2, -0.15) is 0 Å². The first-order valence-corrected chi connectivity index (χ1v) is 11.5. The average molecular weight is 463 g/mol. The van der Waals surface area contributed by atoms with Crippen LogP contribution in [0.5, 0.6) is 0 Å². The Hall–Kier alpha value is -3.72. The van der Waals surface area contributed by atoms with Gasteiger partial charge in [0.15, 0.2) is 0 Å². The standard InChI is InChI=1S/C25H26N4O5/c1-2-34-12-6-11-27-15-22(30)28-21(25(27)31)14-19-18-9-3-4-10-20(18)26-23(19)24(28)16-7-5-8-17(13-16)29(32)33/h3-5,7-10,13,21,24,26H,2,6,11-12,14-15H2,1H3/t21-,24+/m1/s1. The average Bonchev–Trinajstić information content (AvgIpc) is 3.22. The van der Waals surface area contributed by atoms with Gasteiger partial charge in [0, 0.05) is 54.9 Å². The molecular formula is C25H26N4O5. The number of ether oxygens (including phenoxy) is 1. The summed E-state index contributed by atoms with van der Waals surface area (Å²) in [5.41, 5.74) is 3.26. The molecule has 2 aliphatic rings. The first-order chi connectivity index (χ1) is 16.5. The molecule has 2 atom stereocenters. The van der Waals surface area contributed by atoms with E-state index in [4.69, 9.17) is 4.74 Å². The number of carbonyl (C=O) groups is 2. The SMILES string of the molecule is CCOCCCN1CC(=O)N2[C@@H](c3cccc([N+](=O)[O-])c3)c3[nH]c4ccccc4c3C[C@@H]2C1=O. The van der Waals surface area contributed by atoms with E-state index in [1.54, 1.807) is 21.9 Å². The molecule has 5 rings (SSSR count). The number of piperazine rings is 1. The van der Waals surface area contributed by atoms with Gasteiger partial charge in [-0.3, -0.25) is 19.7 Å². The zero-order chi connectivity index (χ0) is 23.8. The molecule has 0 radical (unpaired) electrons. The number of hydrogen-bond donors (Lipinski definition) is 1. The number of fused-ring (bicyclic) bond motifs is 4. The lowest BCUT2D eigenvalue weighted by Gasteiger charge is -2.47. The van der Waals surface area contributed by atoms with Crippen molar-refractivity contribution in [2.75, 3.05) is 26.3 Å². The number of H-pyrrole nitrogens is 1. The maximum absolute atomic E-state index is 13.6. The van der Waals surface area contributed by atoms with E-state index >= 15 is 0 Å². The van der Waals surface area contributed by atoms with Crippen LogP contribution in [0.4, 0.5) is 5.69 Å². The monoisotopic (exact) mass is 462 g/mol. The summed E-state index contributed by atoms with van der Waals surface area (Å²) in [6.45, 7) is 3.51. The zero-order valence-electron chi connectivity index (χ0n) is 18.9. The number of nitrogens with zero attached hydrogens (tertiary/aromatic N) is 3. The van der Waals surface area contributed by atoms with Crippen molar-refractivity contribution in [3.8, 4) is 0 Å². The maximum Gasteiger partial charge on any atom is 0.269 e. The van der Waals surface area contributed by atoms with Crippen molar-refractivity contribution in [1.29, 1.82) is 0 Å². The van der Waals surface area contributed by atoms with Crippen LogP contribution in [0, 0.1) is 10.1 Å². The highest BCUT2D eigenvalue weighted by atomic mass is 16.6. The lowest BCUT2D eigenvalue weighted by molar-refractivity contribution is -0.384. The minimum Gasteiger partial charge on any atom is -0.382 e. The fourth-order valence-electron chi connectivity index (χ4n) is 5.17. The molecule has 0 aliphatic carbocycles. The van der Waals surface area contributed by atoms with E-state index in [0.29, 0.717) is 38.2 Å². The van der Waals surface area contributed by atoms with Gasteiger partial charge >= 0.3 is 0 Å². The molecule has 1 saturated heterocycles. The number of para-hydroxylation sites is 1. The van der Waals surface area contributed by atoms with Crippen LogP contribution in [0.2, 0.25) is 0 Å². The van der Waals surface area contributed by atoms with Gasteiger partial charge in [0.2, 0.25) is 11.8 Å². The third kappa shape index (κ3) is 3.71. The Bertz CT molecular complexity index is 1270. The second kappa shape index (κ2) is 8.90. The van der Waals surface area contributed by atoms with Crippen molar-refractivity contribution in [3.63, 3.8) is 0 Å². The summed E-state index contributed by atoms with van der Waals surface area (Å²) in [6, 6.07) is 12.9. The molecule has 2 aromatic carbocycles. The lowest BCUT2D eigenvalue weighted by atomic mass is 9.86. The molecule has 1 aromatic heterocycles. The Labute approximate surface area is 196 Å². The van der Waals surface area contributed by atoms with Crippen molar-refractivity contribution in [2.24, 2.45) is 0 Å². The van der Waals surface area contributed by atoms with Crippen molar-refractivity contribution in [2.45, 2.75) is 31.8 Å². The number of carbonyl (C=O) groups excluding carboxylic acids is 2. The van der Waals surface area contributed by atoms with E-state index < -0.39 is 17.0 Å². The van der Waals surface area contributed by atoms with Gasteiger partial charge in [0.25, 0.3) is 5.69 Å². The van der Waals surface area contributed by atoms with Crippen LogP contribution in [0.15, 0.2) is 48.5 Å². The minimum atomic E-state index is -0.663. The highest BCUT2D eigenvalue weighted by Gasteiger charge is 2.48. The van der Waals surface area contributed by atoms with Crippen LogP contribution < -0.4 is 0 Å². The normalized spacial score (nSPS) is 19.9. The molecule has 0 saturated carbocycles. The first-order valence-electron chi connectivity index (χ1n) is 11.5. The number of benzene rings is 2. The Morgan fingerprint density at radius 3 is 2.79 bits per heavy atom. The molecule has 1 fully saturated rings. The molecule has 9 nitrogen and oxygen atoms in total. The number of non-ortho nitro benzene ring substituents is 1. The molecule has 34 heavy (non-hydrogen) atoms. The first kappa shape index (κ1) is 22.1. The van der Waals surface area contributed by atoms with Crippen LogP contribution >= 0.6 is 0 Å². The van der Waals surface area contributed by atoms with E-state index in [1.807, 2.05) is 31.2 Å². The van der Waals surface area contributed by atoms with E-state index in [9.17, 15) is 19.7 Å². The number of nitrogens with one attached hydrogen (secondary N) is 1. The second-order valence-corrected chi connectivity index (χ2v) is 8.65. The molecule has 9 heteroatoms. The van der Waals surface area contributed by atoms with Gasteiger partial charge in [0.05, 0.1) is 17.5 Å². The molecule has 3 heterocycles. The van der Waals surface area contributed by atoms with Crippen molar-refractivity contribution >= 4 is 28.4 Å². The summed E-state index contributed by atoms with van der Waals surface area (Å²) < 4.78 is 5.39. The number of nitro groups is 1. The maximum atomic E-state index is 13.6. The number of hydrogen-bond acceptors (Lipinski definition) is 5. The summed E-state index contributed by atoms with van der Waals surface area (Å²) >= 11 is 0. The highest BCUT2D eigenvalue weighted by Crippen LogP contribution is 2.43. The smallest absolute Gasteiger partial charge is 0.269 e. The van der Waals surface area contributed by atoms with E-state index in [0.717, 1.165) is 22.2 Å². The van der Waals surface area contributed by atoms with Gasteiger partial charge in [-0.25, -0.2) is 0 Å². The Morgan fingerprint density at radius 1 is 1.18 bits per heavy atom. The van der Waals surface area contributed by atoms with E-state index in [-0.39, 0.29) is 24.0 Å². The van der Waals surface area contributed by atoms with Crippen LogP contribution in [0.1, 0.15) is 36.2 Å². The fourth-order valence-corrected chi connectivity index (χ4v) is 5.17. The number of amides is 2. The van der Waals surface area contributed by atoms with Crippen LogP contribution in [-0.4, -0.2) is 63.9 Å². The van der Waals surface area contributed by atoms with Gasteiger partial charge in [-0.15, -0.1) is 0 Å². The van der Waals surface area contributed by atoms with E-state index in [2.05, 4.69) is 4.98 Å². The molecule has 176 valence electrons. The lowest BCUT2D eigenvalue weighted by Crippen LogP contribution is -2.63. The predicted octanol–water partition coefficient (Wildman–Crippen LogP) is 3.19. The molecule has 2 amide bonds. The molecule has 1 N–H and O–H groups in total. The molecule has 3 aromatic rings. The van der Waals surface area contributed by atoms with Crippen molar-refractivity contribution in [3.05, 3.63) is 75.5 Å². The van der Waals surface area contributed by atoms with Crippen molar-refractivity contribution < 1.29 is 19.2 Å². The molecular weight excluding hydrogens is 436 g/mol. The quantitative estimate of drug-likeness (QED) is 0.330. The Morgan fingerprint density at radius 2 is 2.00 bits per heavy atom. The molecule has 0 unspecified atom stereocenters. The van der Waals surface area contributed by atoms with Crippen LogP contribution in [0.25, 0.3) is 10.9 Å². The zero-order valence-corrected chi connectivity index (χ0v) is 18.9. The fraction of sp³-hybridized carbons (Fsp3) is 0.360. The molecule has 0 bridgehead atoms. The number of aromatic amines is 1. The largest absolute Gasteiger partial charge is 0.382 e. The topological polar surface area (TPSA) is 109 Å². The van der Waals surface area contributed by atoms with Gasteiger partial charge in [-0.05, 0) is 30.5 Å². The van der Waals surface area contributed by atoms with Crippen LogP contribution in [-0.2, 0) is 20.7 Å². The molecule has 2 aliphatic heterocycles. The third-order valence-corrected chi connectivity index (χ3v) is 6.66. The minimum absolute atomic E-state index is 0.0115. The number of aromatic nitrogens is 1.